The van der Waals surface area contributed by atoms with E-state index in [-0.39, 0.29) is 17.5 Å². The summed E-state index contributed by atoms with van der Waals surface area (Å²) >= 11 is 0. The fourth-order valence-corrected chi connectivity index (χ4v) is 3.93. The van der Waals surface area contributed by atoms with E-state index in [1.807, 2.05) is 0 Å². The van der Waals surface area contributed by atoms with Crippen LogP contribution in [0.25, 0.3) is 0 Å². The average Bonchev–Trinajstić information content (AvgIpc) is 2.79. The van der Waals surface area contributed by atoms with Crippen molar-refractivity contribution in [3.63, 3.8) is 0 Å². The van der Waals surface area contributed by atoms with Crippen LogP contribution in [0.2, 0.25) is 0 Å². The zero-order chi connectivity index (χ0) is 21.7. The standard InChI is InChI=1S/C23H29NO6/c1-27-17-7-8-18(19(12-17)28-2)22(25)16-6-5-9-24(14-16)13-15-10-20(29-3)23(26)21(11-15)30-4/h7-8,10-12,16,26H,5-6,9,13-14H2,1-4H3/t16-/m1/s1. The number of rotatable bonds is 8. The number of methoxy groups -OCH3 is 4. The number of likely N-dealkylation sites (tertiary alicyclic amines) is 1. The van der Waals surface area contributed by atoms with Crippen LogP contribution in [-0.2, 0) is 6.54 Å². The highest BCUT2D eigenvalue weighted by atomic mass is 16.5. The van der Waals surface area contributed by atoms with Gasteiger partial charge in [0.05, 0.1) is 34.0 Å². The summed E-state index contributed by atoms with van der Waals surface area (Å²) < 4.78 is 21.2. The zero-order valence-electron chi connectivity index (χ0n) is 17.9. The van der Waals surface area contributed by atoms with Gasteiger partial charge in [-0.2, -0.15) is 0 Å². The molecule has 1 saturated heterocycles. The quantitative estimate of drug-likeness (QED) is 0.661. The van der Waals surface area contributed by atoms with Gasteiger partial charge >= 0.3 is 0 Å². The number of ketones is 1. The van der Waals surface area contributed by atoms with Gasteiger partial charge in [-0.05, 0) is 49.2 Å². The van der Waals surface area contributed by atoms with Crippen LogP contribution < -0.4 is 18.9 Å². The van der Waals surface area contributed by atoms with Crippen molar-refractivity contribution >= 4 is 5.78 Å². The molecule has 3 rings (SSSR count). The first kappa shape index (κ1) is 21.8. The molecule has 162 valence electrons. The van der Waals surface area contributed by atoms with Gasteiger partial charge < -0.3 is 24.1 Å². The van der Waals surface area contributed by atoms with Crippen molar-refractivity contribution in [1.29, 1.82) is 0 Å². The lowest BCUT2D eigenvalue weighted by atomic mass is 9.89. The lowest BCUT2D eigenvalue weighted by molar-refractivity contribution is 0.0808. The summed E-state index contributed by atoms with van der Waals surface area (Å²) in [7, 11) is 6.17. The molecule has 0 spiro atoms. The van der Waals surface area contributed by atoms with E-state index in [4.69, 9.17) is 18.9 Å². The van der Waals surface area contributed by atoms with E-state index in [0.29, 0.717) is 41.7 Å². The largest absolute Gasteiger partial charge is 0.502 e. The number of hydrogen-bond donors (Lipinski definition) is 1. The number of phenols is 1. The number of piperidine rings is 1. The molecule has 0 aliphatic carbocycles. The SMILES string of the molecule is COc1ccc(C(=O)[C@@H]2CCCN(Cc3cc(OC)c(O)c(OC)c3)C2)c(OC)c1. The van der Waals surface area contributed by atoms with Crippen LogP contribution in [-0.4, -0.2) is 57.3 Å². The topological polar surface area (TPSA) is 77.5 Å². The number of aromatic hydroxyl groups is 1. The van der Waals surface area contributed by atoms with Crippen molar-refractivity contribution in [1.82, 2.24) is 4.90 Å². The van der Waals surface area contributed by atoms with E-state index >= 15 is 0 Å². The molecule has 0 unspecified atom stereocenters. The molecule has 7 nitrogen and oxygen atoms in total. The van der Waals surface area contributed by atoms with E-state index in [1.54, 1.807) is 44.6 Å². The first-order valence-electron chi connectivity index (χ1n) is 9.93. The second kappa shape index (κ2) is 9.71. The van der Waals surface area contributed by atoms with E-state index in [0.717, 1.165) is 24.9 Å². The molecule has 7 heteroatoms. The summed E-state index contributed by atoms with van der Waals surface area (Å²) in [6.45, 7) is 2.19. The van der Waals surface area contributed by atoms with Gasteiger partial charge in [0.15, 0.2) is 17.3 Å². The molecule has 1 heterocycles. The highest BCUT2D eigenvalue weighted by molar-refractivity contribution is 6.00. The second-order valence-corrected chi connectivity index (χ2v) is 7.35. The van der Waals surface area contributed by atoms with Crippen molar-refractivity contribution in [2.45, 2.75) is 19.4 Å². The first-order valence-corrected chi connectivity index (χ1v) is 9.93. The fraction of sp³-hybridized carbons (Fsp3) is 0.435. The average molecular weight is 415 g/mol. The molecule has 1 fully saturated rings. The minimum atomic E-state index is -0.109. The number of hydrogen-bond acceptors (Lipinski definition) is 7. The lowest BCUT2D eigenvalue weighted by Gasteiger charge is -2.32. The van der Waals surface area contributed by atoms with Gasteiger partial charge in [-0.1, -0.05) is 0 Å². The summed E-state index contributed by atoms with van der Waals surface area (Å²) in [4.78, 5) is 15.4. The molecular weight excluding hydrogens is 386 g/mol. The number of carbonyl (C=O) groups excluding carboxylic acids is 1. The molecule has 1 aliphatic heterocycles. The zero-order valence-corrected chi connectivity index (χ0v) is 17.9. The molecular formula is C23H29NO6. The summed E-state index contributed by atoms with van der Waals surface area (Å²) in [6.07, 6.45) is 1.77. The van der Waals surface area contributed by atoms with E-state index in [2.05, 4.69) is 4.90 Å². The Morgan fingerprint density at radius 3 is 2.27 bits per heavy atom. The lowest BCUT2D eigenvalue weighted by Crippen LogP contribution is -2.38. The molecule has 0 amide bonds. The summed E-state index contributed by atoms with van der Waals surface area (Å²) in [5, 5.41) is 10.1. The monoisotopic (exact) mass is 415 g/mol. The van der Waals surface area contributed by atoms with E-state index in [1.165, 1.54) is 14.2 Å². The third-order valence-electron chi connectivity index (χ3n) is 5.50. The summed E-state index contributed by atoms with van der Waals surface area (Å²) in [6, 6.07) is 8.90. The van der Waals surface area contributed by atoms with Gasteiger partial charge in [-0.25, -0.2) is 0 Å². The minimum absolute atomic E-state index is 0.0120. The maximum Gasteiger partial charge on any atom is 0.200 e. The Bertz CT molecular complexity index is 872. The molecule has 2 aromatic carbocycles. The Hall–Kier alpha value is -2.93. The molecule has 30 heavy (non-hydrogen) atoms. The van der Waals surface area contributed by atoms with Crippen molar-refractivity contribution in [3.05, 3.63) is 41.5 Å². The molecule has 1 N–H and O–H groups in total. The number of phenolic OH excluding ortho intramolecular Hbond substituents is 1. The van der Waals surface area contributed by atoms with Crippen LogP contribution in [0, 0.1) is 5.92 Å². The molecule has 1 atom stereocenters. The van der Waals surface area contributed by atoms with Gasteiger partial charge in [0.25, 0.3) is 0 Å². The van der Waals surface area contributed by atoms with Crippen molar-refractivity contribution < 1.29 is 28.8 Å². The molecule has 0 bridgehead atoms. The third-order valence-corrected chi connectivity index (χ3v) is 5.50. The predicted molar refractivity (Wildman–Crippen MR) is 113 cm³/mol. The van der Waals surface area contributed by atoms with Crippen LogP contribution >= 0.6 is 0 Å². The van der Waals surface area contributed by atoms with Crippen LogP contribution in [0.4, 0.5) is 0 Å². The highest BCUT2D eigenvalue weighted by Gasteiger charge is 2.29. The molecule has 0 aromatic heterocycles. The highest BCUT2D eigenvalue weighted by Crippen LogP contribution is 2.38. The Kier molecular flexibility index (Phi) is 7.05. The normalized spacial score (nSPS) is 16.7. The number of nitrogens with zero attached hydrogens (tertiary/aromatic N) is 1. The summed E-state index contributed by atoms with van der Waals surface area (Å²) in [5.74, 6) is 1.89. The first-order chi connectivity index (χ1) is 14.5. The predicted octanol–water partition coefficient (Wildman–Crippen LogP) is 3.52. The number of Topliss-reactive ketones (excluding diaryl/α,β-unsaturated/α-hetero) is 1. The second-order valence-electron chi connectivity index (χ2n) is 7.35. The van der Waals surface area contributed by atoms with Crippen LogP contribution in [0.5, 0.6) is 28.7 Å². The molecule has 1 aliphatic rings. The van der Waals surface area contributed by atoms with Crippen molar-refractivity contribution in [2.75, 3.05) is 41.5 Å². The Morgan fingerprint density at radius 1 is 1.00 bits per heavy atom. The van der Waals surface area contributed by atoms with Crippen LogP contribution in [0.15, 0.2) is 30.3 Å². The number of carbonyl (C=O) groups is 1. The Morgan fingerprint density at radius 2 is 1.67 bits per heavy atom. The van der Waals surface area contributed by atoms with Crippen molar-refractivity contribution in [2.24, 2.45) is 5.92 Å². The molecule has 0 radical (unpaired) electrons. The van der Waals surface area contributed by atoms with Gasteiger partial charge in [0.1, 0.15) is 11.5 Å². The third kappa shape index (κ3) is 4.62. The van der Waals surface area contributed by atoms with Gasteiger partial charge in [-0.3, -0.25) is 9.69 Å². The van der Waals surface area contributed by atoms with E-state index < -0.39 is 0 Å². The molecule has 0 saturated carbocycles. The fourth-order valence-electron chi connectivity index (χ4n) is 3.93. The van der Waals surface area contributed by atoms with E-state index in [9.17, 15) is 9.90 Å². The van der Waals surface area contributed by atoms with Crippen LogP contribution in [0.1, 0.15) is 28.8 Å². The summed E-state index contributed by atoms with van der Waals surface area (Å²) in [5.41, 5.74) is 1.54. The van der Waals surface area contributed by atoms with Crippen molar-refractivity contribution in [3.8, 4) is 28.7 Å². The smallest absolute Gasteiger partial charge is 0.200 e. The Balaban J connectivity index is 1.75. The van der Waals surface area contributed by atoms with Crippen LogP contribution in [0.3, 0.4) is 0 Å². The molecule has 2 aromatic rings. The maximum absolute atomic E-state index is 13.2. The van der Waals surface area contributed by atoms with Gasteiger partial charge in [0, 0.05) is 25.1 Å². The van der Waals surface area contributed by atoms with Gasteiger partial charge in [-0.15, -0.1) is 0 Å². The number of benzene rings is 2. The minimum Gasteiger partial charge on any atom is -0.502 e. The maximum atomic E-state index is 13.2. The van der Waals surface area contributed by atoms with Gasteiger partial charge in [0.2, 0.25) is 5.75 Å². The number of ether oxygens (including phenoxy) is 4. The Labute approximate surface area is 177 Å².